The topological polar surface area (TPSA) is 82.1 Å². The van der Waals surface area contributed by atoms with Crippen molar-refractivity contribution in [2.45, 2.75) is 112 Å². The van der Waals surface area contributed by atoms with Crippen LogP contribution in [-0.2, 0) is 28.6 Å². The van der Waals surface area contributed by atoms with Crippen molar-refractivity contribution < 1.29 is 28.6 Å². The van der Waals surface area contributed by atoms with Gasteiger partial charge in [0.2, 0.25) is 0 Å². The van der Waals surface area contributed by atoms with Crippen LogP contribution in [0, 0.1) is 0 Å². The Morgan fingerprint density at radius 1 is 0.605 bits per heavy atom. The van der Waals surface area contributed by atoms with E-state index < -0.39 is 18.4 Å². The van der Waals surface area contributed by atoms with Crippen LogP contribution in [0.25, 0.3) is 0 Å². The Morgan fingerprint density at radius 3 is 1.28 bits per heavy atom. The number of hydrogen-bond acceptors (Lipinski definition) is 7. The van der Waals surface area contributed by atoms with Gasteiger partial charge in [-0.05, 0) is 92.9 Å². The highest BCUT2D eigenvalue weighted by molar-refractivity contribution is 5.73. The predicted octanol–water partition coefficient (Wildman–Crippen LogP) is 7.99. The third kappa shape index (κ3) is 22.3. The molecule has 0 saturated carbocycles. The second-order valence-electron chi connectivity index (χ2n) is 11.6. The first kappa shape index (κ1) is 40.1. The molecule has 0 rings (SSSR count). The molecule has 0 N–H and O–H groups in total. The molecule has 242 valence electrons. The summed E-state index contributed by atoms with van der Waals surface area (Å²) in [5.74, 6) is -0.583. The molecule has 2 atom stereocenters. The fraction of sp³-hybridized carbons (Fsp3) is 0.583. The minimum absolute atomic E-state index is 0.163. The summed E-state index contributed by atoms with van der Waals surface area (Å²) in [5, 5.41) is 0. The van der Waals surface area contributed by atoms with Gasteiger partial charge in [-0.15, -0.1) is 0 Å². The summed E-state index contributed by atoms with van der Waals surface area (Å²) in [6.45, 7) is 24.8. The fourth-order valence-electron chi connectivity index (χ4n) is 3.97. The smallest absolute Gasteiger partial charge is 0.320 e. The van der Waals surface area contributed by atoms with Crippen molar-refractivity contribution in [1.82, 2.24) is 4.90 Å². The van der Waals surface area contributed by atoms with Gasteiger partial charge in [-0.1, -0.05) is 71.4 Å². The number of carbonyl (C=O) groups is 3. The lowest BCUT2D eigenvalue weighted by molar-refractivity contribution is -0.173. The van der Waals surface area contributed by atoms with Crippen molar-refractivity contribution in [2.24, 2.45) is 0 Å². The third-order valence-electron chi connectivity index (χ3n) is 6.56. The summed E-state index contributed by atoms with van der Waals surface area (Å²) in [6.07, 6.45) is 12.0. The van der Waals surface area contributed by atoms with Gasteiger partial charge in [-0.3, -0.25) is 14.4 Å². The van der Waals surface area contributed by atoms with Gasteiger partial charge in [0, 0.05) is 6.42 Å². The summed E-state index contributed by atoms with van der Waals surface area (Å²) < 4.78 is 17.1. The van der Waals surface area contributed by atoms with Gasteiger partial charge < -0.3 is 14.2 Å². The monoisotopic (exact) mass is 599 g/mol. The van der Waals surface area contributed by atoms with E-state index in [-0.39, 0.29) is 26.4 Å². The van der Waals surface area contributed by atoms with E-state index in [1.807, 2.05) is 13.8 Å². The van der Waals surface area contributed by atoms with E-state index in [9.17, 15) is 14.4 Å². The predicted molar refractivity (Wildman–Crippen MR) is 177 cm³/mol. The first-order chi connectivity index (χ1) is 20.4. The van der Waals surface area contributed by atoms with Gasteiger partial charge >= 0.3 is 5.97 Å². The Bertz CT molecular complexity index is 926. The quantitative estimate of drug-likeness (QED) is 0.0431. The highest BCUT2D eigenvalue weighted by atomic mass is 16.5. The second kappa shape index (κ2) is 24.6. The summed E-state index contributed by atoms with van der Waals surface area (Å²) >= 11 is 0. The summed E-state index contributed by atoms with van der Waals surface area (Å²) in [6, 6.07) is 0. The first-order valence-corrected chi connectivity index (χ1v) is 15.3. The maximum absolute atomic E-state index is 12.8. The molecule has 0 aliphatic carbocycles. The molecule has 2 unspecified atom stereocenters. The zero-order chi connectivity index (χ0) is 32.6. The molecule has 0 aromatic heterocycles. The third-order valence-corrected chi connectivity index (χ3v) is 6.56. The van der Waals surface area contributed by atoms with Gasteiger partial charge in [-0.2, -0.15) is 0 Å². The van der Waals surface area contributed by atoms with Crippen LogP contribution < -0.4 is 0 Å². The number of carbonyl (C=O) groups excluding carboxylic acids is 3. The lowest BCUT2D eigenvalue weighted by Gasteiger charge is -2.31. The van der Waals surface area contributed by atoms with Gasteiger partial charge in [0.1, 0.15) is 6.54 Å². The van der Waals surface area contributed by atoms with Crippen LogP contribution in [0.3, 0.4) is 0 Å². The fourth-order valence-corrected chi connectivity index (χ4v) is 3.97. The molecule has 0 aromatic carbocycles. The van der Waals surface area contributed by atoms with Crippen molar-refractivity contribution in [2.75, 3.05) is 26.4 Å². The van der Waals surface area contributed by atoms with Crippen molar-refractivity contribution in [1.29, 1.82) is 0 Å². The zero-order valence-electron chi connectivity index (χ0n) is 27.8. The number of nitrogens with zero attached hydrogens (tertiary/aromatic N) is 1. The molecule has 43 heavy (non-hydrogen) atoms. The Labute approximate surface area is 261 Å². The lowest BCUT2D eigenvalue weighted by atomic mass is 10.1. The van der Waals surface area contributed by atoms with Crippen molar-refractivity contribution in [3.05, 3.63) is 71.4 Å². The maximum atomic E-state index is 12.8. The molecule has 0 aliphatic rings. The highest BCUT2D eigenvalue weighted by Gasteiger charge is 2.30. The molecular weight excluding hydrogens is 542 g/mol. The first-order valence-electron chi connectivity index (χ1n) is 15.3. The van der Waals surface area contributed by atoms with E-state index in [4.69, 9.17) is 14.2 Å². The number of allylic oxidation sites excluding steroid dienone is 6. The molecule has 0 fully saturated rings. The van der Waals surface area contributed by atoms with E-state index in [1.54, 1.807) is 0 Å². The Balaban J connectivity index is 5.26. The Hall–Kier alpha value is -2.87. The van der Waals surface area contributed by atoms with Crippen LogP contribution in [0.15, 0.2) is 71.4 Å². The number of rotatable bonds is 26. The van der Waals surface area contributed by atoms with Gasteiger partial charge in [0.15, 0.2) is 25.0 Å². The molecule has 0 spiro atoms. The largest absolute Gasteiger partial charge is 0.464 e. The summed E-state index contributed by atoms with van der Waals surface area (Å²) in [5.41, 5.74) is 6.72. The zero-order valence-corrected chi connectivity index (χ0v) is 27.8. The molecule has 0 heterocycles. The standard InChI is InChI=1S/C36H57NO6/c1-28(2)13-10-16-31(7)19-22-41-34(26-38)37(25-36(40)43-24-21-33(9)18-12-15-30(5)6)35(27-39)42-23-20-32(8)17-11-14-29(3)4/h13-15,26-27,34-35H,7-12,16-25H2,1-6H3. The van der Waals surface area contributed by atoms with Crippen LogP contribution in [0.5, 0.6) is 0 Å². The van der Waals surface area contributed by atoms with Gasteiger partial charge in [0.25, 0.3) is 0 Å². The van der Waals surface area contributed by atoms with E-state index in [0.29, 0.717) is 31.8 Å². The molecular formula is C36H57NO6. The lowest BCUT2D eigenvalue weighted by Crippen LogP contribution is -2.50. The molecule has 0 aromatic rings. The molecule has 0 bridgehead atoms. The molecule has 0 saturated heterocycles. The van der Waals surface area contributed by atoms with Crippen LogP contribution in [0.4, 0.5) is 0 Å². The molecule has 7 nitrogen and oxygen atoms in total. The van der Waals surface area contributed by atoms with E-state index in [2.05, 4.69) is 65.7 Å². The second-order valence-corrected chi connectivity index (χ2v) is 11.6. The van der Waals surface area contributed by atoms with Crippen LogP contribution >= 0.6 is 0 Å². The normalized spacial score (nSPS) is 12.1. The van der Waals surface area contributed by atoms with Crippen molar-refractivity contribution in [3.63, 3.8) is 0 Å². The SMILES string of the molecule is C=C(CCC=C(C)C)CCOC(=O)CN(C(C=O)OCCC(=C)CCC=C(C)C)C(C=O)OCCC(=C)CCC=C(C)C. The van der Waals surface area contributed by atoms with Crippen LogP contribution in [0.2, 0.25) is 0 Å². The van der Waals surface area contributed by atoms with E-state index >= 15 is 0 Å². The number of ether oxygens (including phenoxy) is 3. The number of hydrogen-bond donors (Lipinski definition) is 0. The molecule has 0 aliphatic heterocycles. The highest BCUT2D eigenvalue weighted by Crippen LogP contribution is 2.15. The van der Waals surface area contributed by atoms with Crippen LogP contribution in [-0.4, -0.2) is 62.3 Å². The summed E-state index contributed by atoms with van der Waals surface area (Å²) in [4.78, 5) is 38.3. The molecule has 0 amide bonds. The Kier molecular flexibility index (Phi) is 22.9. The van der Waals surface area contributed by atoms with Gasteiger partial charge in [-0.25, -0.2) is 4.90 Å². The number of aldehydes is 2. The molecule has 7 heteroatoms. The minimum atomic E-state index is -1.17. The maximum Gasteiger partial charge on any atom is 0.320 e. The van der Waals surface area contributed by atoms with E-state index in [1.165, 1.54) is 21.6 Å². The number of esters is 1. The average Bonchev–Trinajstić information content (AvgIpc) is 2.92. The van der Waals surface area contributed by atoms with Crippen molar-refractivity contribution >= 4 is 18.5 Å². The minimum Gasteiger partial charge on any atom is -0.464 e. The Morgan fingerprint density at radius 2 is 0.953 bits per heavy atom. The molecule has 0 radical (unpaired) electrons. The van der Waals surface area contributed by atoms with Crippen LogP contribution in [0.1, 0.15) is 99.3 Å². The average molecular weight is 600 g/mol. The van der Waals surface area contributed by atoms with E-state index in [0.717, 1.165) is 55.2 Å². The van der Waals surface area contributed by atoms with Crippen molar-refractivity contribution in [3.8, 4) is 0 Å². The summed E-state index contributed by atoms with van der Waals surface area (Å²) in [7, 11) is 0. The van der Waals surface area contributed by atoms with Gasteiger partial charge in [0.05, 0.1) is 19.8 Å².